The van der Waals surface area contributed by atoms with Crippen molar-refractivity contribution in [3.8, 4) is 0 Å². The second kappa shape index (κ2) is 9.12. The van der Waals surface area contributed by atoms with Gasteiger partial charge in [0.25, 0.3) is 5.91 Å². The smallest absolute Gasteiger partial charge is 0.302 e. The summed E-state index contributed by atoms with van der Waals surface area (Å²) in [5, 5.41) is 2.93. The summed E-state index contributed by atoms with van der Waals surface area (Å²) in [7, 11) is 0. The van der Waals surface area contributed by atoms with Crippen LogP contribution in [0.3, 0.4) is 0 Å². The van der Waals surface area contributed by atoms with Crippen LogP contribution >= 0.6 is 0 Å². The van der Waals surface area contributed by atoms with Crippen LogP contribution in [0.15, 0.2) is 42.9 Å². The topological polar surface area (TPSA) is 84.4 Å². The molecule has 0 spiro atoms. The molecule has 3 heterocycles. The lowest BCUT2D eigenvalue weighted by Gasteiger charge is -2.33. The lowest BCUT2D eigenvalue weighted by Crippen LogP contribution is -2.37. The van der Waals surface area contributed by atoms with E-state index in [1.54, 1.807) is 30.7 Å². The molecule has 0 radical (unpaired) electrons. The van der Waals surface area contributed by atoms with E-state index < -0.39 is 0 Å². The summed E-state index contributed by atoms with van der Waals surface area (Å²) in [6.45, 7) is 3.88. The van der Waals surface area contributed by atoms with Crippen LogP contribution in [0.4, 0.5) is 5.82 Å². The zero-order valence-corrected chi connectivity index (χ0v) is 15.4. The van der Waals surface area contributed by atoms with E-state index >= 15 is 0 Å². The van der Waals surface area contributed by atoms with E-state index in [0.29, 0.717) is 30.5 Å². The van der Waals surface area contributed by atoms with Crippen LogP contribution in [0.2, 0.25) is 0 Å². The molecule has 0 unspecified atom stereocenters. The number of anilines is 1. The number of carbonyl (C=O) groups is 2. The van der Waals surface area contributed by atoms with E-state index in [9.17, 15) is 9.59 Å². The van der Waals surface area contributed by atoms with Gasteiger partial charge < -0.3 is 15.0 Å². The third-order valence-corrected chi connectivity index (χ3v) is 4.64. The highest BCUT2D eigenvalue weighted by Gasteiger charge is 2.24. The SMILES string of the molecule is CC(=O)OCC1CCN(c2ncccc2C(=O)NCc2cccnc2)CC1. The van der Waals surface area contributed by atoms with Crippen molar-refractivity contribution >= 4 is 17.7 Å². The number of aromatic nitrogens is 2. The quantitative estimate of drug-likeness (QED) is 0.787. The Bertz CT molecular complexity index is 774. The summed E-state index contributed by atoms with van der Waals surface area (Å²) in [5.41, 5.74) is 1.52. The Kier molecular flexibility index (Phi) is 6.35. The number of esters is 1. The zero-order valence-electron chi connectivity index (χ0n) is 15.4. The van der Waals surface area contributed by atoms with Crippen LogP contribution in [0.25, 0.3) is 0 Å². The molecule has 1 aliphatic heterocycles. The van der Waals surface area contributed by atoms with Crippen molar-refractivity contribution in [2.75, 3.05) is 24.6 Å². The first-order valence-electron chi connectivity index (χ1n) is 9.14. The summed E-state index contributed by atoms with van der Waals surface area (Å²) >= 11 is 0. The number of carbonyl (C=O) groups excluding carboxylic acids is 2. The molecular formula is C20H24N4O3. The number of amides is 1. The van der Waals surface area contributed by atoms with E-state index in [-0.39, 0.29) is 11.9 Å². The first-order chi connectivity index (χ1) is 13.1. The van der Waals surface area contributed by atoms with Gasteiger partial charge in [0.2, 0.25) is 0 Å². The number of rotatable bonds is 6. The van der Waals surface area contributed by atoms with Crippen LogP contribution in [-0.4, -0.2) is 41.5 Å². The molecule has 0 aromatic carbocycles. The summed E-state index contributed by atoms with van der Waals surface area (Å²) < 4.78 is 5.12. The fourth-order valence-corrected chi connectivity index (χ4v) is 3.15. The van der Waals surface area contributed by atoms with Crippen molar-refractivity contribution < 1.29 is 14.3 Å². The Balaban J connectivity index is 1.60. The van der Waals surface area contributed by atoms with Gasteiger partial charge in [-0.15, -0.1) is 0 Å². The average molecular weight is 368 g/mol. The van der Waals surface area contributed by atoms with E-state index in [2.05, 4.69) is 20.2 Å². The molecule has 7 heteroatoms. The van der Waals surface area contributed by atoms with Gasteiger partial charge in [-0.25, -0.2) is 4.98 Å². The largest absolute Gasteiger partial charge is 0.466 e. The van der Waals surface area contributed by atoms with Gasteiger partial charge in [0, 0.05) is 45.1 Å². The van der Waals surface area contributed by atoms with Gasteiger partial charge in [0.15, 0.2) is 0 Å². The summed E-state index contributed by atoms with van der Waals surface area (Å²) in [4.78, 5) is 34.3. The van der Waals surface area contributed by atoms with E-state index in [1.807, 2.05) is 12.1 Å². The normalized spacial score (nSPS) is 14.6. The second-order valence-corrected chi connectivity index (χ2v) is 6.65. The minimum atomic E-state index is -0.241. The standard InChI is InChI=1S/C20H24N4O3/c1-15(25)27-14-16-6-10-24(11-7-16)19-18(5-3-9-22-19)20(26)23-13-17-4-2-8-21-12-17/h2-5,8-9,12,16H,6-7,10-11,13-14H2,1H3,(H,23,26). The molecule has 0 aliphatic carbocycles. The molecule has 2 aromatic heterocycles. The predicted octanol–water partition coefficient (Wildman–Crippen LogP) is 2.19. The number of ether oxygens (including phenoxy) is 1. The highest BCUT2D eigenvalue weighted by atomic mass is 16.5. The average Bonchev–Trinajstić information content (AvgIpc) is 2.71. The maximum Gasteiger partial charge on any atom is 0.302 e. The summed E-state index contributed by atoms with van der Waals surface area (Å²) in [5.74, 6) is 0.669. The maximum atomic E-state index is 12.7. The van der Waals surface area contributed by atoms with Gasteiger partial charge in [-0.2, -0.15) is 0 Å². The molecule has 1 fully saturated rings. The van der Waals surface area contributed by atoms with Crippen LogP contribution in [-0.2, 0) is 16.1 Å². The molecule has 1 saturated heterocycles. The highest BCUT2D eigenvalue weighted by Crippen LogP contribution is 2.24. The van der Waals surface area contributed by atoms with Gasteiger partial charge in [0.1, 0.15) is 5.82 Å². The Morgan fingerprint density at radius 2 is 2.00 bits per heavy atom. The first-order valence-corrected chi connectivity index (χ1v) is 9.14. The van der Waals surface area contributed by atoms with Crippen molar-refractivity contribution in [1.29, 1.82) is 0 Å². The molecule has 0 saturated carbocycles. The summed E-state index contributed by atoms with van der Waals surface area (Å²) in [6, 6.07) is 7.34. The molecule has 0 bridgehead atoms. The molecule has 0 atom stereocenters. The van der Waals surface area contributed by atoms with Crippen LogP contribution < -0.4 is 10.2 Å². The van der Waals surface area contributed by atoms with Crippen molar-refractivity contribution in [1.82, 2.24) is 15.3 Å². The third-order valence-electron chi connectivity index (χ3n) is 4.64. The van der Waals surface area contributed by atoms with Gasteiger partial charge in [-0.1, -0.05) is 6.07 Å². The van der Waals surface area contributed by atoms with Crippen molar-refractivity contribution in [3.63, 3.8) is 0 Å². The number of nitrogens with zero attached hydrogens (tertiary/aromatic N) is 3. The maximum absolute atomic E-state index is 12.7. The molecule has 1 amide bonds. The van der Waals surface area contributed by atoms with Gasteiger partial charge >= 0.3 is 5.97 Å². The van der Waals surface area contributed by atoms with Gasteiger partial charge in [0.05, 0.1) is 12.2 Å². The number of nitrogens with one attached hydrogen (secondary N) is 1. The summed E-state index contributed by atoms with van der Waals surface area (Å²) in [6.07, 6.45) is 6.95. The minimum Gasteiger partial charge on any atom is -0.466 e. The molecule has 2 aromatic rings. The van der Waals surface area contributed by atoms with Gasteiger partial charge in [-0.05, 0) is 42.5 Å². The molecular weight excluding hydrogens is 344 g/mol. The van der Waals surface area contributed by atoms with Crippen molar-refractivity contribution in [2.24, 2.45) is 5.92 Å². The Morgan fingerprint density at radius 1 is 1.22 bits per heavy atom. The number of piperidine rings is 1. The van der Waals surface area contributed by atoms with Gasteiger partial charge in [-0.3, -0.25) is 14.6 Å². The minimum absolute atomic E-state index is 0.149. The van der Waals surface area contributed by atoms with Crippen LogP contribution in [0, 0.1) is 5.92 Å². The van der Waals surface area contributed by atoms with E-state index in [0.717, 1.165) is 31.5 Å². The Hall–Kier alpha value is -2.96. The lowest BCUT2D eigenvalue weighted by atomic mass is 9.97. The monoisotopic (exact) mass is 368 g/mol. The van der Waals surface area contributed by atoms with Crippen molar-refractivity contribution in [3.05, 3.63) is 54.0 Å². The highest BCUT2D eigenvalue weighted by molar-refractivity contribution is 5.98. The lowest BCUT2D eigenvalue weighted by molar-refractivity contribution is -0.142. The number of hydrogen-bond donors (Lipinski definition) is 1. The first kappa shape index (κ1) is 18.8. The molecule has 7 nitrogen and oxygen atoms in total. The zero-order chi connectivity index (χ0) is 19.1. The van der Waals surface area contributed by atoms with Crippen molar-refractivity contribution in [2.45, 2.75) is 26.3 Å². The molecule has 27 heavy (non-hydrogen) atoms. The van der Waals surface area contributed by atoms with E-state index in [4.69, 9.17) is 4.74 Å². The van der Waals surface area contributed by atoms with Crippen LogP contribution in [0.5, 0.6) is 0 Å². The molecule has 142 valence electrons. The molecule has 1 aliphatic rings. The number of hydrogen-bond acceptors (Lipinski definition) is 6. The number of pyridine rings is 2. The second-order valence-electron chi connectivity index (χ2n) is 6.65. The fourth-order valence-electron chi connectivity index (χ4n) is 3.15. The molecule has 3 rings (SSSR count). The molecule has 1 N–H and O–H groups in total. The fraction of sp³-hybridized carbons (Fsp3) is 0.400. The Morgan fingerprint density at radius 3 is 2.70 bits per heavy atom. The Labute approximate surface area is 158 Å². The van der Waals surface area contributed by atoms with Crippen LogP contribution in [0.1, 0.15) is 35.7 Å². The van der Waals surface area contributed by atoms with E-state index in [1.165, 1.54) is 6.92 Å². The predicted molar refractivity (Wildman–Crippen MR) is 101 cm³/mol. The third kappa shape index (κ3) is 5.26.